The Morgan fingerprint density at radius 3 is 2.68 bits per heavy atom. The second-order valence-electron chi connectivity index (χ2n) is 8.20. The second kappa shape index (κ2) is 7.06. The normalized spacial score (nSPS) is 19.6. The van der Waals surface area contributed by atoms with Gasteiger partial charge in [-0.05, 0) is 62.0 Å². The summed E-state index contributed by atoms with van der Waals surface area (Å²) in [5.41, 5.74) is 2.91. The number of carbonyl (C=O) groups is 1. The molecule has 0 bridgehead atoms. The minimum Gasteiger partial charge on any atom is -0.347 e. The quantitative estimate of drug-likeness (QED) is 0.694. The summed E-state index contributed by atoms with van der Waals surface area (Å²) in [5.74, 6) is 0.156. The van der Waals surface area contributed by atoms with Crippen molar-refractivity contribution in [2.45, 2.75) is 37.1 Å². The van der Waals surface area contributed by atoms with Crippen molar-refractivity contribution in [1.82, 2.24) is 20.4 Å². The van der Waals surface area contributed by atoms with Gasteiger partial charge in [-0.2, -0.15) is 5.10 Å². The number of benzene rings is 2. The molecule has 1 saturated heterocycles. The largest absolute Gasteiger partial charge is 0.347 e. The fourth-order valence-electron chi connectivity index (χ4n) is 4.45. The van der Waals surface area contributed by atoms with E-state index in [0.717, 1.165) is 48.9 Å². The number of hydrogen-bond acceptors (Lipinski definition) is 3. The first-order valence-electron chi connectivity index (χ1n) is 10.3. The van der Waals surface area contributed by atoms with Crippen LogP contribution >= 0.6 is 0 Å². The van der Waals surface area contributed by atoms with Gasteiger partial charge in [0.05, 0.1) is 23.2 Å². The molecule has 5 heteroatoms. The van der Waals surface area contributed by atoms with Crippen LogP contribution in [0.4, 0.5) is 0 Å². The van der Waals surface area contributed by atoms with Gasteiger partial charge in [-0.25, -0.2) is 0 Å². The van der Waals surface area contributed by atoms with Crippen LogP contribution in [0.25, 0.3) is 10.9 Å². The molecule has 2 N–H and O–H groups in total. The number of nitrogens with one attached hydrogen (secondary N) is 2. The Bertz CT molecular complexity index is 970. The Hall–Kier alpha value is -2.66. The molecule has 1 aliphatic carbocycles. The van der Waals surface area contributed by atoms with E-state index < -0.39 is 0 Å². The average molecular weight is 374 g/mol. The van der Waals surface area contributed by atoms with Crippen molar-refractivity contribution in [3.05, 3.63) is 65.9 Å². The van der Waals surface area contributed by atoms with Crippen LogP contribution in [0.15, 0.2) is 54.7 Å². The summed E-state index contributed by atoms with van der Waals surface area (Å²) in [6, 6.07) is 16.6. The van der Waals surface area contributed by atoms with Crippen molar-refractivity contribution in [3.8, 4) is 0 Å². The Labute approximate surface area is 165 Å². The van der Waals surface area contributed by atoms with Crippen molar-refractivity contribution in [1.29, 1.82) is 0 Å². The number of rotatable bonds is 6. The predicted molar refractivity (Wildman–Crippen MR) is 110 cm³/mol. The number of hydrogen-bond donors (Lipinski definition) is 2. The molecule has 2 heterocycles. The van der Waals surface area contributed by atoms with Crippen LogP contribution in [0, 0.1) is 0 Å². The van der Waals surface area contributed by atoms with Crippen molar-refractivity contribution in [2.24, 2.45) is 0 Å². The number of aromatic amines is 1. The van der Waals surface area contributed by atoms with E-state index in [0.29, 0.717) is 0 Å². The summed E-state index contributed by atoms with van der Waals surface area (Å²) in [4.78, 5) is 15.9. The van der Waals surface area contributed by atoms with Crippen molar-refractivity contribution in [2.75, 3.05) is 19.6 Å². The minimum atomic E-state index is -0.385. The number of amides is 1. The number of fused-ring (bicyclic) bond motifs is 1. The van der Waals surface area contributed by atoms with E-state index >= 15 is 0 Å². The van der Waals surface area contributed by atoms with Gasteiger partial charge >= 0.3 is 0 Å². The van der Waals surface area contributed by atoms with E-state index in [-0.39, 0.29) is 17.4 Å². The van der Waals surface area contributed by atoms with Crippen LogP contribution in [0.1, 0.15) is 42.9 Å². The van der Waals surface area contributed by atoms with Crippen LogP contribution in [0.5, 0.6) is 0 Å². The molecule has 5 nitrogen and oxygen atoms in total. The average Bonchev–Trinajstić information content (AvgIpc) is 3.14. The third-order valence-corrected chi connectivity index (χ3v) is 6.32. The molecule has 0 spiro atoms. The molecule has 2 aromatic carbocycles. The standard InChI is InChI=1S/C23H26N4O/c28-22(23(10-11-23)19-8-9-20-18(14-19)15-24-26-20)25-21(16-27-12-4-5-13-27)17-6-2-1-3-7-17/h1-3,6-9,14-15,21H,4-5,10-13,16H2,(H,24,26)(H,25,28). The fraction of sp³-hybridized carbons (Fsp3) is 0.391. The van der Waals surface area contributed by atoms with Crippen LogP contribution in [0.3, 0.4) is 0 Å². The van der Waals surface area contributed by atoms with Gasteiger partial charge in [0, 0.05) is 11.9 Å². The molecule has 1 amide bonds. The lowest BCUT2D eigenvalue weighted by molar-refractivity contribution is -0.124. The lowest BCUT2D eigenvalue weighted by Crippen LogP contribution is -2.41. The van der Waals surface area contributed by atoms with E-state index in [1.54, 1.807) is 0 Å². The third kappa shape index (κ3) is 3.20. The van der Waals surface area contributed by atoms with Gasteiger partial charge in [-0.3, -0.25) is 9.89 Å². The van der Waals surface area contributed by atoms with E-state index in [9.17, 15) is 4.79 Å². The Balaban J connectivity index is 1.39. The zero-order valence-corrected chi connectivity index (χ0v) is 16.0. The summed E-state index contributed by atoms with van der Waals surface area (Å²) < 4.78 is 0. The number of H-pyrrole nitrogens is 1. The van der Waals surface area contributed by atoms with Crippen LogP contribution in [-0.4, -0.2) is 40.6 Å². The summed E-state index contributed by atoms with van der Waals surface area (Å²) in [6.45, 7) is 3.13. The number of nitrogens with zero attached hydrogens (tertiary/aromatic N) is 2. The van der Waals surface area contributed by atoms with E-state index in [2.05, 4.69) is 56.8 Å². The molecule has 28 heavy (non-hydrogen) atoms. The second-order valence-corrected chi connectivity index (χ2v) is 8.20. The maximum atomic E-state index is 13.4. The first kappa shape index (κ1) is 17.4. The Morgan fingerprint density at radius 1 is 1.14 bits per heavy atom. The minimum absolute atomic E-state index is 0.0296. The zero-order valence-electron chi connectivity index (χ0n) is 16.0. The van der Waals surface area contributed by atoms with Gasteiger partial charge in [-0.1, -0.05) is 36.4 Å². The highest BCUT2D eigenvalue weighted by atomic mass is 16.2. The van der Waals surface area contributed by atoms with Crippen LogP contribution in [-0.2, 0) is 10.2 Å². The summed E-state index contributed by atoms with van der Waals surface area (Å²) in [5, 5.41) is 11.6. The fourth-order valence-corrected chi connectivity index (χ4v) is 4.45. The summed E-state index contributed by atoms with van der Waals surface area (Å²) in [6.07, 6.45) is 6.15. The Kier molecular flexibility index (Phi) is 4.40. The van der Waals surface area contributed by atoms with E-state index in [4.69, 9.17) is 0 Å². The lowest BCUT2D eigenvalue weighted by Gasteiger charge is -2.27. The predicted octanol–water partition coefficient (Wildman–Crippen LogP) is 3.55. The molecular weight excluding hydrogens is 348 g/mol. The van der Waals surface area contributed by atoms with Gasteiger partial charge in [0.25, 0.3) is 0 Å². The van der Waals surface area contributed by atoms with Crippen molar-refractivity contribution >= 4 is 16.8 Å². The molecule has 1 aliphatic heterocycles. The molecule has 1 unspecified atom stereocenters. The monoisotopic (exact) mass is 374 g/mol. The Morgan fingerprint density at radius 2 is 1.93 bits per heavy atom. The van der Waals surface area contributed by atoms with E-state index in [1.807, 2.05) is 18.3 Å². The molecule has 0 radical (unpaired) electrons. The van der Waals surface area contributed by atoms with Gasteiger partial charge in [-0.15, -0.1) is 0 Å². The molecule has 5 rings (SSSR count). The third-order valence-electron chi connectivity index (χ3n) is 6.32. The lowest BCUT2D eigenvalue weighted by atomic mass is 9.93. The zero-order chi connectivity index (χ0) is 19.0. The molecular formula is C23H26N4O. The molecule has 2 aliphatic rings. The van der Waals surface area contributed by atoms with Gasteiger partial charge in [0.2, 0.25) is 5.91 Å². The molecule has 3 aromatic rings. The first-order valence-corrected chi connectivity index (χ1v) is 10.3. The highest BCUT2D eigenvalue weighted by molar-refractivity contribution is 5.93. The maximum absolute atomic E-state index is 13.4. The maximum Gasteiger partial charge on any atom is 0.231 e. The number of likely N-dealkylation sites (tertiary alicyclic amines) is 1. The molecule has 1 aromatic heterocycles. The topological polar surface area (TPSA) is 61.0 Å². The SMILES string of the molecule is O=C(NC(CN1CCCC1)c1ccccc1)C1(c2ccc3[nH]ncc3c2)CC1. The van der Waals surface area contributed by atoms with Gasteiger partial charge in [0.15, 0.2) is 0 Å². The van der Waals surface area contributed by atoms with Gasteiger partial charge < -0.3 is 10.2 Å². The summed E-state index contributed by atoms with van der Waals surface area (Å²) in [7, 11) is 0. The number of aromatic nitrogens is 2. The molecule has 1 saturated carbocycles. The highest BCUT2D eigenvalue weighted by Gasteiger charge is 2.51. The smallest absolute Gasteiger partial charge is 0.231 e. The molecule has 1 atom stereocenters. The molecule has 2 fully saturated rings. The van der Waals surface area contributed by atoms with Crippen molar-refractivity contribution in [3.63, 3.8) is 0 Å². The van der Waals surface area contributed by atoms with Crippen molar-refractivity contribution < 1.29 is 4.79 Å². The van der Waals surface area contributed by atoms with Gasteiger partial charge in [0.1, 0.15) is 0 Å². The molecule has 144 valence electrons. The highest BCUT2D eigenvalue weighted by Crippen LogP contribution is 2.49. The van der Waals surface area contributed by atoms with Crippen LogP contribution < -0.4 is 5.32 Å². The number of carbonyl (C=O) groups excluding carboxylic acids is 1. The van der Waals surface area contributed by atoms with E-state index in [1.165, 1.54) is 18.4 Å². The van der Waals surface area contributed by atoms with Crippen LogP contribution in [0.2, 0.25) is 0 Å². The first-order chi connectivity index (χ1) is 13.7. The summed E-state index contributed by atoms with van der Waals surface area (Å²) >= 11 is 0.